The summed E-state index contributed by atoms with van der Waals surface area (Å²) in [4.78, 5) is 29.2. The summed E-state index contributed by atoms with van der Waals surface area (Å²) in [6, 6.07) is 18.7. The maximum absolute atomic E-state index is 14.3. The molecule has 3 rings (SSSR count). The Morgan fingerprint density at radius 2 is 1.57 bits per heavy atom. The fourth-order valence-corrected chi connectivity index (χ4v) is 6.20. The Kier molecular flexibility index (Phi) is 11.6. The van der Waals surface area contributed by atoms with Crippen molar-refractivity contribution in [3.05, 3.63) is 89.0 Å². The van der Waals surface area contributed by atoms with Gasteiger partial charge in [-0.3, -0.25) is 13.9 Å². The molecule has 0 aliphatic heterocycles. The van der Waals surface area contributed by atoms with Crippen molar-refractivity contribution in [3.63, 3.8) is 0 Å². The first-order valence-corrected chi connectivity index (χ1v) is 15.8. The van der Waals surface area contributed by atoms with Crippen LogP contribution in [0.25, 0.3) is 0 Å². The van der Waals surface area contributed by atoms with Gasteiger partial charge in [0.2, 0.25) is 11.8 Å². The Labute approximate surface area is 250 Å². The first-order valence-electron chi connectivity index (χ1n) is 14.4. The van der Waals surface area contributed by atoms with Crippen molar-refractivity contribution in [2.75, 3.05) is 24.5 Å². The number of benzene rings is 3. The van der Waals surface area contributed by atoms with Gasteiger partial charge >= 0.3 is 0 Å². The van der Waals surface area contributed by atoms with Gasteiger partial charge < -0.3 is 15.0 Å². The molecule has 0 aliphatic carbocycles. The molecule has 1 N–H and O–H groups in total. The smallest absolute Gasteiger partial charge is 0.264 e. The monoisotopic (exact) mass is 593 g/mol. The largest absolute Gasteiger partial charge is 0.495 e. The number of aryl methyl sites for hydroxylation is 3. The minimum atomic E-state index is -4.19. The van der Waals surface area contributed by atoms with E-state index >= 15 is 0 Å². The van der Waals surface area contributed by atoms with Gasteiger partial charge in [0.15, 0.2) is 0 Å². The van der Waals surface area contributed by atoms with Crippen LogP contribution in [0.3, 0.4) is 0 Å². The third kappa shape index (κ3) is 8.12. The van der Waals surface area contributed by atoms with Gasteiger partial charge in [-0.05, 0) is 69.0 Å². The predicted octanol–water partition coefficient (Wildman–Crippen LogP) is 5.54. The number of carbonyl (C=O) groups is 2. The molecule has 0 aromatic heterocycles. The lowest BCUT2D eigenvalue weighted by molar-refractivity contribution is -0.140. The molecule has 0 heterocycles. The third-order valence-electron chi connectivity index (χ3n) is 7.14. The quantitative estimate of drug-likeness (QED) is 0.248. The van der Waals surface area contributed by atoms with E-state index < -0.39 is 28.5 Å². The van der Waals surface area contributed by atoms with Gasteiger partial charge in [0, 0.05) is 13.1 Å². The normalized spacial score (nSPS) is 12.0. The molecule has 0 saturated heterocycles. The maximum Gasteiger partial charge on any atom is 0.264 e. The molecule has 9 heteroatoms. The number of carbonyl (C=O) groups excluding carboxylic acids is 2. The Balaban J connectivity index is 2.11. The number of unbranched alkanes of at least 4 members (excludes halogenated alkanes) is 1. The van der Waals surface area contributed by atoms with Crippen molar-refractivity contribution in [1.82, 2.24) is 10.2 Å². The minimum absolute atomic E-state index is 0.0547. The van der Waals surface area contributed by atoms with E-state index in [9.17, 15) is 18.0 Å². The molecule has 1 atom stereocenters. The highest BCUT2D eigenvalue weighted by molar-refractivity contribution is 7.92. The summed E-state index contributed by atoms with van der Waals surface area (Å²) in [5.41, 5.74) is 3.84. The van der Waals surface area contributed by atoms with Crippen LogP contribution in [0.1, 0.15) is 55.4 Å². The second-order valence-electron chi connectivity index (χ2n) is 10.6. The minimum Gasteiger partial charge on any atom is -0.495 e. The van der Waals surface area contributed by atoms with Crippen molar-refractivity contribution in [2.24, 2.45) is 0 Å². The van der Waals surface area contributed by atoms with E-state index in [1.165, 1.54) is 24.1 Å². The molecule has 0 saturated carbocycles. The van der Waals surface area contributed by atoms with Crippen molar-refractivity contribution < 1.29 is 22.7 Å². The molecule has 0 unspecified atom stereocenters. The molecule has 0 aliphatic rings. The standard InChI is InChI=1S/C33H43N3O5S/c1-7-9-19-34-33(38)29(8-2)35(22-27-12-10-11-25(4)20-27)32(37)23-36(30-21-26(5)15-18-31(30)41-6)42(39,40)28-16-13-24(3)14-17-28/h10-18,20-21,29H,7-9,19,22-23H2,1-6H3,(H,34,38)/t29-/m0/s1. The molecule has 0 bridgehead atoms. The number of amides is 2. The fraction of sp³-hybridized carbons (Fsp3) is 0.394. The molecule has 2 amide bonds. The van der Waals surface area contributed by atoms with E-state index in [-0.39, 0.29) is 23.0 Å². The highest BCUT2D eigenvalue weighted by Crippen LogP contribution is 2.34. The second-order valence-corrected chi connectivity index (χ2v) is 12.4. The number of sulfonamides is 1. The summed E-state index contributed by atoms with van der Waals surface area (Å²) in [6.45, 7) is 9.73. The fourth-order valence-electron chi connectivity index (χ4n) is 4.78. The van der Waals surface area contributed by atoms with Gasteiger partial charge in [-0.2, -0.15) is 0 Å². The molecular weight excluding hydrogens is 550 g/mol. The average molecular weight is 594 g/mol. The number of anilines is 1. The van der Waals surface area contributed by atoms with Crippen molar-refractivity contribution in [3.8, 4) is 5.75 Å². The van der Waals surface area contributed by atoms with E-state index in [1.807, 2.05) is 65.0 Å². The molecular formula is C33H43N3O5S. The molecule has 0 radical (unpaired) electrons. The number of hydrogen-bond acceptors (Lipinski definition) is 5. The van der Waals surface area contributed by atoms with Gasteiger partial charge in [-0.15, -0.1) is 0 Å². The summed E-state index contributed by atoms with van der Waals surface area (Å²) >= 11 is 0. The number of hydrogen-bond donors (Lipinski definition) is 1. The Hall–Kier alpha value is -3.85. The summed E-state index contributed by atoms with van der Waals surface area (Å²) in [5.74, 6) is -0.431. The van der Waals surface area contributed by atoms with E-state index in [1.54, 1.807) is 24.3 Å². The highest BCUT2D eigenvalue weighted by atomic mass is 32.2. The SMILES string of the molecule is CCCCNC(=O)[C@H](CC)N(Cc1cccc(C)c1)C(=O)CN(c1cc(C)ccc1OC)S(=O)(=O)c1ccc(C)cc1. The highest BCUT2D eigenvalue weighted by Gasteiger charge is 2.34. The molecule has 8 nitrogen and oxygen atoms in total. The van der Waals surface area contributed by atoms with Crippen LogP contribution in [-0.2, 0) is 26.2 Å². The van der Waals surface area contributed by atoms with E-state index in [2.05, 4.69) is 5.32 Å². The predicted molar refractivity (Wildman–Crippen MR) is 167 cm³/mol. The van der Waals surface area contributed by atoms with E-state index in [0.29, 0.717) is 18.7 Å². The Bertz CT molecular complexity index is 1470. The van der Waals surface area contributed by atoms with Crippen LogP contribution in [0.5, 0.6) is 5.75 Å². The van der Waals surface area contributed by atoms with E-state index in [4.69, 9.17) is 4.74 Å². The van der Waals surface area contributed by atoms with Crippen molar-refractivity contribution in [2.45, 2.75) is 71.4 Å². The van der Waals surface area contributed by atoms with Gasteiger partial charge in [0.1, 0.15) is 18.3 Å². The van der Waals surface area contributed by atoms with Crippen LogP contribution in [-0.4, -0.2) is 51.4 Å². The van der Waals surface area contributed by atoms with Gasteiger partial charge in [-0.1, -0.05) is 73.9 Å². The van der Waals surface area contributed by atoms with Crippen molar-refractivity contribution >= 4 is 27.5 Å². The van der Waals surface area contributed by atoms with Crippen LogP contribution < -0.4 is 14.4 Å². The molecule has 226 valence electrons. The molecule has 0 fully saturated rings. The Morgan fingerprint density at radius 3 is 2.19 bits per heavy atom. The third-order valence-corrected chi connectivity index (χ3v) is 8.92. The number of nitrogens with one attached hydrogen (secondary N) is 1. The Morgan fingerprint density at radius 1 is 0.905 bits per heavy atom. The van der Waals surface area contributed by atoms with Gasteiger partial charge in [0.05, 0.1) is 17.7 Å². The van der Waals surface area contributed by atoms with Crippen LogP contribution >= 0.6 is 0 Å². The number of nitrogens with zero attached hydrogens (tertiary/aromatic N) is 2. The maximum atomic E-state index is 14.3. The summed E-state index contributed by atoms with van der Waals surface area (Å²) < 4.78 is 34.9. The second kappa shape index (κ2) is 14.9. The first-order chi connectivity index (χ1) is 20.0. The number of methoxy groups -OCH3 is 1. The van der Waals surface area contributed by atoms with Crippen LogP contribution in [0.2, 0.25) is 0 Å². The van der Waals surface area contributed by atoms with E-state index in [0.717, 1.165) is 39.4 Å². The number of ether oxygens (including phenoxy) is 1. The topological polar surface area (TPSA) is 96.0 Å². The summed E-state index contributed by atoms with van der Waals surface area (Å²) in [5, 5.41) is 2.95. The molecule has 42 heavy (non-hydrogen) atoms. The van der Waals surface area contributed by atoms with Crippen molar-refractivity contribution in [1.29, 1.82) is 0 Å². The lowest BCUT2D eigenvalue weighted by Crippen LogP contribution is -2.52. The zero-order valence-corrected chi connectivity index (χ0v) is 26.3. The van der Waals surface area contributed by atoms with Gasteiger partial charge in [0.25, 0.3) is 10.0 Å². The zero-order valence-electron chi connectivity index (χ0n) is 25.5. The molecule has 0 spiro atoms. The average Bonchev–Trinajstić information content (AvgIpc) is 2.96. The van der Waals surface area contributed by atoms with Gasteiger partial charge in [-0.25, -0.2) is 8.42 Å². The first kappa shape index (κ1) is 32.7. The van der Waals surface area contributed by atoms with Crippen LogP contribution in [0.4, 0.5) is 5.69 Å². The number of rotatable bonds is 14. The molecule has 3 aromatic carbocycles. The van der Waals surface area contributed by atoms with Crippen LogP contribution in [0.15, 0.2) is 71.6 Å². The lowest BCUT2D eigenvalue weighted by Gasteiger charge is -2.33. The molecule has 3 aromatic rings. The summed E-state index contributed by atoms with van der Waals surface area (Å²) in [7, 11) is -2.73. The zero-order chi connectivity index (χ0) is 30.9. The lowest BCUT2D eigenvalue weighted by atomic mass is 10.1. The van der Waals surface area contributed by atoms with Crippen LogP contribution in [0, 0.1) is 20.8 Å². The summed E-state index contributed by atoms with van der Waals surface area (Å²) in [6.07, 6.45) is 2.12.